The van der Waals surface area contributed by atoms with Crippen LogP contribution in [-0.2, 0) is 6.54 Å². The lowest BCUT2D eigenvalue weighted by Gasteiger charge is -2.12. The molecular weight excluding hydrogens is 193 g/mol. The quantitative estimate of drug-likeness (QED) is 0.747. The van der Waals surface area contributed by atoms with Gasteiger partial charge in [-0.05, 0) is 24.6 Å². The van der Waals surface area contributed by atoms with Crippen molar-refractivity contribution in [3.05, 3.63) is 34.1 Å². The van der Waals surface area contributed by atoms with E-state index in [2.05, 4.69) is 0 Å². The lowest BCUT2D eigenvalue weighted by molar-refractivity contribution is -0.0739. The fourth-order valence-corrected chi connectivity index (χ4v) is 1.30. The number of nitrogens with zero attached hydrogens (tertiary/aromatic N) is 1. The Balaban J connectivity index is 3.10. The molecule has 0 spiro atoms. The van der Waals surface area contributed by atoms with Crippen molar-refractivity contribution in [3.63, 3.8) is 0 Å². The van der Waals surface area contributed by atoms with Crippen molar-refractivity contribution < 1.29 is 9.60 Å². The summed E-state index contributed by atoms with van der Waals surface area (Å²) in [6.07, 6.45) is 0. The normalized spacial score (nSPS) is 10.9. The van der Waals surface area contributed by atoms with Crippen molar-refractivity contribution in [1.82, 2.24) is 5.06 Å². The molecule has 1 aromatic carbocycles. The molecule has 0 saturated heterocycles. The Morgan fingerprint density at radius 3 is 2.69 bits per heavy atom. The van der Waals surface area contributed by atoms with E-state index < -0.39 is 0 Å². The maximum Gasteiger partial charge on any atom is 0.128 e. The van der Waals surface area contributed by atoms with Crippen LogP contribution in [-0.4, -0.2) is 17.3 Å². The molecule has 1 aromatic rings. The summed E-state index contributed by atoms with van der Waals surface area (Å²) in [7, 11) is 1.46. The molecule has 0 saturated carbocycles. The highest BCUT2D eigenvalue weighted by Gasteiger charge is 2.09. The largest absolute Gasteiger partial charge is 0.314 e. The standard InChI is InChI=1S/C9H11ClFNO/c1-6-7(5-12(2)13)9(11)4-3-8(6)10/h3-4,13H,5H2,1-2H3. The predicted molar refractivity (Wildman–Crippen MR) is 49.4 cm³/mol. The van der Waals surface area contributed by atoms with Crippen molar-refractivity contribution in [2.24, 2.45) is 0 Å². The molecule has 0 unspecified atom stereocenters. The molecular formula is C9H11ClFNO. The number of hydrogen-bond acceptors (Lipinski definition) is 2. The van der Waals surface area contributed by atoms with E-state index in [1.54, 1.807) is 6.92 Å². The Morgan fingerprint density at radius 2 is 2.15 bits per heavy atom. The summed E-state index contributed by atoms with van der Waals surface area (Å²) in [5, 5.41) is 10.4. The van der Waals surface area contributed by atoms with Crippen molar-refractivity contribution in [1.29, 1.82) is 0 Å². The van der Waals surface area contributed by atoms with Crippen molar-refractivity contribution in [2.45, 2.75) is 13.5 Å². The SMILES string of the molecule is Cc1c(Cl)ccc(F)c1CN(C)O. The van der Waals surface area contributed by atoms with E-state index in [1.807, 2.05) is 0 Å². The molecule has 0 bridgehead atoms. The second kappa shape index (κ2) is 4.05. The van der Waals surface area contributed by atoms with Crippen LogP contribution in [0.3, 0.4) is 0 Å². The second-order valence-electron chi connectivity index (χ2n) is 2.95. The zero-order valence-corrected chi connectivity index (χ0v) is 8.27. The molecule has 0 radical (unpaired) electrons. The van der Waals surface area contributed by atoms with Gasteiger partial charge in [0.05, 0.1) is 6.54 Å². The minimum Gasteiger partial charge on any atom is -0.314 e. The maximum atomic E-state index is 13.2. The van der Waals surface area contributed by atoms with Gasteiger partial charge in [-0.25, -0.2) is 4.39 Å². The molecule has 0 fully saturated rings. The van der Waals surface area contributed by atoms with Gasteiger partial charge in [0, 0.05) is 17.6 Å². The number of hydroxylamine groups is 2. The monoisotopic (exact) mass is 203 g/mol. The third-order valence-corrected chi connectivity index (χ3v) is 2.27. The van der Waals surface area contributed by atoms with E-state index in [1.165, 1.54) is 19.2 Å². The Labute approximate surface area is 81.5 Å². The van der Waals surface area contributed by atoms with E-state index in [9.17, 15) is 4.39 Å². The van der Waals surface area contributed by atoms with Crippen LogP contribution in [0.25, 0.3) is 0 Å². The van der Waals surface area contributed by atoms with Crippen molar-refractivity contribution >= 4 is 11.6 Å². The number of hydrogen-bond donors (Lipinski definition) is 1. The van der Waals surface area contributed by atoms with Gasteiger partial charge >= 0.3 is 0 Å². The smallest absolute Gasteiger partial charge is 0.128 e. The molecule has 0 aliphatic heterocycles. The molecule has 1 N–H and O–H groups in total. The first-order valence-electron chi connectivity index (χ1n) is 3.86. The number of benzene rings is 1. The molecule has 0 aliphatic rings. The first kappa shape index (κ1) is 10.4. The summed E-state index contributed by atoms with van der Waals surface area (Å²) < 4.78 is 13.2. The summed E-state index contributed by atoms with van der Waals surface area (Å²) in [6.45, 7) is 1.86. The maximum absolute atomic E-state index is 13.2. The molecule has 2 nitrogen and oxygen atoms in total. The number of rotatable bonds is 2. The Kier molecular flexibility index (Phi) is 3.25. The van der Waals surface area contributed by atoms with Crippen LogP contribution in [0, 0.1) is 12.7 Å². The molecule has 13 heavy (non-hydrogen) atoms. The summed E-state index contributed by atoms with van der Waals surface area (Å²) >= 11 is 5.80. The average Bonchev–Trinajstić information content (AvgIpc) is 2.05. The second-order valence-corrected chi connectivity index (χ2v) is 3.36. The lowest BCUT2D eigenvalue weighted by Crippen LogP contribution is -2.14. The van der Waals surface area contributed by atoms with Crippen molar-refractivity contribution in [2.75, 3.05) is 7.05 Å². The zero-order valence-electron chi connectivity index (χ0n) is 7.51. The van der Waals surface area contributed by atoms with Gasteiger partial charge in [0.25, 0.3) is 0 Å². The molecule has 4 heteroatoms. The van der Waals surface area contributed by atoms with Gasteiger partial charge in [0.1, 0.15) is 5.82 Å². The van der Waals surface area contributed by atoms with Crippen LogP contribution in [0.15, 0.2) is 12.1 Å². The van der Waals surface area contributed by atoms with E-state index >= 15 is 0 Å². The van der Waals surface area contributed by atoms with Crippen LogP contribution in [0.5, 0.6) is 0 Å². The molecule has 0 aromatic heterocycles. The van der Waals surface area contributed by atoms with E-state index in [-0.39, 0.29) is 12.4 Å². The molecule has 0 atom stereocenters. The lowest BCUT2D eigenvalue weighted by atomic mass is 10.1. The Bertz CT molecular complexity index is 315. The third kappa shape index (κ3) is 2.40. The van der Waals surface area contributed by atoms with Gasteiger partial charge in [0.15, 0.2) is 0 Å². The molecule has 1 rings (SSSR count). The van der Waals surface area contributed by atoms with E-state index in [0.29, 0.717) is 16.1 Å². The van der Waals surface area contributed by atoms with Crippen LogP contribution < -0.4 is 0 Å². The van der Waals surface area contributed by atoms with Gasteiger partial charge in [-0.3, -0.25) is 0 Å². The van der Waals surface area contributed by atoms with Gasteiger partial charge in [-0.2, -0.15) is 5.06 Å². The van der Waals surface area contributed by atoms with Crippen LogP contribution in [0.4, 0.5) is 4.39 Å². The first-order chi connectivity index (χ1) is 6.02. The molecule has 0 amide bonds. The highest BCUT2D eigenvalue weighted by molar-refractivity contribution is 6.31. The van der Waals surface area contributed by atoms with Crippen molar-refractivity contribution in [3.8, 4) is 0 Å². The number of halogens is 2. The minimum atomic E-state index is -0.345. The van der Waals surface area contributed by atoms with Crippen LogP contribution >= 0.6 is 11.6 Å². The van der Waals surface area contributed by atoms with Gasteiger partial charge in [0.2, 0.25) is 0 Å². The minimum absolute atomic E-state index is 0.137. The zero-order chi connectivity index (χ0) is 10.0. The van der Waals surface area contributed by atoms with E-state index in [4.69, 9.17) is 16.8 Å². The summed E-state index contributed by atoms with van der Waals surface area (Å²) in [4.78, 5) is 0. The predicted octanol–water partition coefficient (Wildman–Crippen LogP) is 2.61. The van der Waals surface area contributed by atoms with Crippen LogP contribution in [0.2, 0.25) is 5.02 Å². The van der Waals surface area contributed by atoms with Gasteiger partial charge in [-0.1, -0.05) is 11.6 Å². The molecule has 72 valence electrons. The summed E-state index contributed by atoms with van der Waals surface area (Å²) in [5.41, 5.74) is 1.10. The first-order valence-corrected chi connectivity index (χ1v) is 4.23. The van der Waals surface area contributed by atoms with Crippen LogP contribution in [0.1, 0.15) is 11.1 Å². The van der Waals surface area contributed by atoms with Gasteiger partial charge in [-0.15, -0.1) is 0 Å². The highest BCUT2D eigenvalue weighted by Crippen LogP contribution is 2.22. The average molecular weight is 204 g/mol. The topological polar surface area (TPSA) is 23.5 Å². The highest BCUT2D eigenvalue weighted by atomic mass is 35.5. The fourth-order valence-electron chi connectivity index (χ4n) is 1.12. The Morgan fingerprint density at radius 1 is 1.54 bits per heavy atom. The van der Waals surface area contributed by atoms with E-state index in [0.717, 1.165) is 5.06 Å². The summed E-state index contributed by atoms with van der Waals surface area (Å²) in [5.74, 6) is -0.345. The molecule has 0 aliphatic carbocycles. The Hall–Kier alpha value is -0.640. The third-order valence-electron chi connectivity index (χ3n) is 1.86. The van der Waals surface area contributed by atoms with Gasteiger partial charge < -0.3 is 5.21 Å². The summed E-state index contributed by atoms with van der Waals surface area (Å²) in [6, 6.07) is 2.81. The molecule has 0 heterocycles. The fraction of sp³-hybridized carbons (Fsp3) is 0.333.